The minimum absolute atomic E-state index is 0.0457. The molecular weight excluding hydrogens is 286 g/mol. The van der Waals surface area contributed by atoms with E-state index in [1.807, 2.05) is 0 Å². The molecule has 1 N–H and O–H groups in total. The minimum atomic E-state index is -0.995. The molecule has 0 heterocycles. The number of rotatable bonds is 10. The topological polar surface area (TPSA) is 76.1 Å². The van der Waals surface area contributed by atoms with Crippen LogP contribution in [0.25, 0.3) is 0 Å². The van der Waals surface area contributed by atoms with Crippen molar-refractivity contribution in [1.82, 2.24) is 4.90 Å². The predicted molar refractivity (Wildman–Crippen MR) is 82.1 cm³/mol. The number of carboxylic acid groups (broad SMARTS) is 1. The zero-order chi connectivity index (χ0) is 16.4. The summed E-state index contributed by atoms with van der Waals surface area (Å²) in [6.45, 7) is 2.16. The Labute approximate surface area is 130 Å². The molecule has 0 atom stereocenters. The first-order valence-corrected chi connectivity index (χ1v) is 7.16. The number of carbonyl (C=O) groups excluding carboxylic acids is 1. The summed E-state index contributed by atoms with van der Waals surface area (Å²) in [5.74, 6) is -1.04. The fraction of sp³-hybridized carbons (Fsp3) is 0.500. The molecule has 6 nitrogen and oxygen atoms in total. The van der Waals surface area contributed by atoms with Gasteiger partial charge in [-0.1, -0.05) is 12.1 Å². The molecule has 1 aromatic rings. The lowest BCUT2D eigenvalue weighted by Gasteiger charge is -2.22. The summed E-state index contributed by atoms with van der Waals surface area (Å²) in [4.78, 5) is 25.1. The normalized spacial score (nSPS) is 10.5. The Bertz CT molecular complexity index is 489. The molecule has 1 amide bonds. The number of ether oxygens (including phenoxy) is 2. The van der Waals surface area contributed by atoms with Gasteiger partial charge in [0.25, 0.3) is 0 Å². The highest BCUT2D eigenvalue weighted by atomic mass is 16.5. The maximum Gasteiger partial charge on any atom is 0.335 e. The van der Waals surface area contributed by atoms with Crippen LogP contribution in [0.2, 0.25) is 0 Å². The maximum atomic E-state index is 12.4. The van der Waals surface area contributed by atoms with Crippen molar-refractivity contribution in [2.75, 3.05) is 40.5 Å². The average molecular weight is 309 g/mol. The van der Waals surface area contributed by atoms with Crippen LogP contribution in [0.3, 0.4) is 0 Å². The molecule has 0 saturated carbocycles. The molecule has 0 aliphatic carbocycles. The summed E-state index contributed by atoms with van der Waals surface area (Å²) in [6.07, 6.45) is 0.930. The number of amides is 1. The third-order valence-corrected chi connectivity index (χ3v) is 3.22. The lowest BCUT2D eigenvalue weighted by Crippen LogP contribution is -2.36. The summed E-state index contributed by atoms with van der Waals surface area (Å²) in [6, 6.07) is 6.45. The van der Waals surface area contributed by atoms with Gasteiger partial charge in [-0.3, -0.25) is 4.79 Å². The van der Waals surface area contributed by atoms with Crippen molar-refractivity contribution in [2.24, 2.45) is 0 Å². The van der Waals surface area contributed by atoms with E-state index < -0.39 is 5.97 Å². The monoisotopic (exact) mass is 309 g/mol. The summed E-state index contributed by atoms with van der Waals surface area (Å²) < 4.78 is 10.0. The van der Waals surface area contributed by atoms with Crippen LogP contribution in [0.5, 0.6) is 0 Å². The lowest BCUT2D eigenvalue weighted by molar-refractivity contribution is -0.131. The van der Waals surface area contributed by atoms with Crippen molar-refractivity contribution >= 4 is 11.9 Å². The van der Waals surface area contributed by atoms with Gasteiger partial charge in [0, 0.05) is 33.9 Å². The van der Waals surface area contributed by atoms with E-state index in [0.717, 1.165) is 6.42 Å². The van der Waals surface area contributed by atoms with Crippen molar-refractivity contribution in [3.05, 3.63) is 35.4 Å². The molecule has 0 aliphatic heterocycles. The zero-order valence-corrected chi connectivity index (χ0v) is 13.1. The molecule has 1 aromatic carbocycles. The standard InChI is InChI=1S/C16H23NO5/c1-21-9-4-7-17(8-10-22-2)15(18)12-13-5-3-6-14(11-13)16(19)20/h3,5-6,11H,4,7-10,12H2,1-2H3,(H,19,20). The van der Waals surface area contributed by atoms with E-state index in [0.29, 0.717) is 31.9 Å². The second-order valence-corrected chi connectivity index (χ2v) is 4.90. The van der Waals surface area contributed by atoms with Crippen LogP contribution < -0.4 is 0 Å². The predicted octanol–water partition coefficient (Wildman–Crippen LogP) is 1.44. The van der Waals surface area contributed by atoms with Gasteiger partial charge >= 0.3 is 5.97 Å². The van der Waals surface area contributed by atoms with E-state index in [9.17, 15) is 9.59 Å². The third kappa shape index (κ3) is 6.24. The van der Waals surface area contributed by atoms with Gasteiger partial charge in [0.05, 0.1) is 18.6 Å². The summed E-state index contributed by atoms with van der Waals surface area (Å²) >= 11 is 0. The Hall–Kier alpha value is -1.92. The molecular formula is C16H23NO5. The Morgan fingerprint density at radius 1 is 1.14 bits per heavy atom. The van der Waals surface area contributed by atoms with E-state index >= 15 is 0 Å². The number of hydrogen-bond acceptors (Lipinski definition) is 4. The summed E-state index contributed by atoms with van der Waals surface area (Å²) in [5, 5.41) is 8.99. The molecule has 0 radical (unpaired) electrons. The van der Waals surface area contributed by atoms with Crippen LogP contribution in [0.1, 0.15) is 22.3 Å². The fourth-order valence-electron chi connectivity index (χ4n) is 2.06. The van der Waals surface area contributed by atoms with Crippen LogP contribution in [-0.4, -0.2) is 62.4 Å². The lowest BCUT2D eigenvalue weighted by atomic mass is 10.1. The van der Waals surface area contributed by atoms with E-state index in [2.05, 4.69) is 0 Å². The van der Waals surface area contributed by atoms with Gasteiger partial charge in [-0.15, -0.1) is 0 Å². The second kappa shape index (κ2) is 9.92. The molecule has 0 saturated heterocycles. The number of aromatic carboxylic acids is 1. The number of benzene rings is 1. The van der Waals surface area contributed by atoms with Crippen LogP contribution >= 0.6 is 0 Å². The number of carboxylic acids is 1. The molecule has 0 bridgehead atoms. The Morgan fingerprint density at radius 2 is 1.86 bits per heavy atom. The first-order valence-electron chi connectivity index (χ1n) is 7.16. The van der Waals surface area contributed by atoms with Crippen molar-refractivity contribution < 1.29 is 24.2 Å². The Balaban J connectivity index is 2.68. The number of hydrogen-bond donors (Lipinski definition) is 1. The molecule has 1 rings (SSSR count). The van der Waals surface area contributed by atoms with Crippen LogP contribution in [-0.2, 0) is 20.7 Å². The summed E-state index contributed by atoms with van der Waals surface area (Å²) in [7, 11) is 3.22. The first kappa shape index (κ1) is 18.1. The molecule has 0 aromatic heterocycles. The van der Waals surface area contributed by atoms with Gasteiger partial charge in [-0.05, 0) is 24.1 Å². The largest absolute Gasteiger partial charge is 0.478 e. The number of nitrogens with zero attached hydrogens (tertiary/aromatic N) is 1. The van der Waals surface area contributed by atoms with Gasteiger partial charge in [0.1, 0.15) is 0 Å². The van der Waals surface area contributed by atoms with Crippen molar-refractivity contribution in [2.45, 2.75) is 12.8 Å². The Morgan fingerprint density at radius 3 is 2.50 bits per heavy atom. The highest BCUT2D eigenvalue weighted by Crippen LogP contribution is 2.08. The molecule has 6 heteroatoms. The van der Waals surface area contributed by atoms with E-state index in [1.54, 1.807) is 31.3 Å². The quantitative estimate of drug-likeness (QED) is 0.662. The van der Waals surface area contributed by atoms with Gasteiger partial charge in [-0.25, -0.2) is 4.79 Å². The summed E-state index contributed by atoms with van der Waals surface area (Å²) in [5.41, 5.74) is 0.882. The Kier molecular flexibility index (Phi) is 8.17. The van der Waals surface area contributed by atoms with Crippen molar-refractivity contribution in [3.63, 3.8) is 0 Å². The van der Waals surface area contributed by atoms with Crippen LogP contribution in [0, 0.1) is 0 Å². The molecule has 0 unspecified atom stereocenters. The first-order chi connectivity index (χ1) is 10.6. The smallest absolute Gasteiger partial charge is 0.335 e. The third-order valence-electron chi connectivity index (χ3n) is 3.22. The highest BCUT2D eigenvalue weighted by molar-refractivity contribution is 5.88. The SMILES string of the molecule is COCCCN(CCOC)C(=O)Cc1cccc(C(=O)O)c1. The van der Waals surface area contributed by atoms with Crippen LogP contribution in [0.15, 0.2) is 24.3 Å². The molecule has 0 aliphatic rings. The average Bonchev–Trinajstić information content (AvgIpc) is 2.50. The van der Waals surface area contributed by atoms with Gasteiger partial charge in [0.2, 0.25) is 5.91 Å². The van der Waals surface area contributed by atoms with E-state index in [-0.39, 0.29) is 17.9 Å². The van der Waals surface area contributed by atoms with E-state index in [1.165, 1.54) is 12.1 Å². The van der Waals surface area contributed by atoms with Gasteiger partial charge in [-0.2, -0.15) is 0 Å². The maximum absolute atomic E-state index is 12.4. The molecule has 122 valence electrons. The van der Waals surface area contributed by atoms with E-state index in [4.69, 9.17) is 14.6 Å². The second-order valence-electron chi connectivity index (χ2n) is 4.90. The van der Waals surface area contributed by atoms with Gasteiger partial charge in [0.15, 0.2) is 0 Å². The number of carbonyl (C=O) groups is 2. The zero-order valence-electron chi connectivity index (χ0n) is 13.1. The van der Waals surface area contributed by atoms with Crippen molar-refractivity contribution in [3.8, 4) is 0 Å². The van der Waals surface area contributed by atoms with Gasteiger partial charge < -0.3 is 19.5 Å². The van der Waals surface area contributed by atoms with Crippen LogP contribution in [0.4, 0.5) is 0 Å². The molecule has 22 heavy (non-hydrogen) atoms. The minimum Gasteiger partial charge on any atom is -0.478 e. The molecule has 0 fully saturated rings. The van der Waals surface area contributed by atoms with Crippen molar-refractivity contribution in [1.29, 1.82) is 0 Å². The number of methoxy groups -OCH3 is 2. The highest BCUT2D eigenvalue weighted by Gasteiger charge is 2.14. The fourth-order valence-corrected chi connectivity index (χ4v) is 2.06. The molecule has 0 spiro atoms.